The Labute approximate surface area is 188 Å². The number of fused-ring (bicyclic) bond motifs is 1. The number of aromatic nitrogens is 2. The SMILES string of the molecule is Cc1nc(SCc2cccc(Cl)c2)[nH]c(=O)c1CC(=O)NCc1ccc2c(c1)OCO2. The normalized spacial score (nSPS) is 12.1. The summed E-state index contributed by atoms with van der Waals surface area (Å²) < 4.78 is 10.6. The van der Waals surface area contributed by atoms with Crippen LogP contribution in [0.5, 0.6) is 11.5 Å². The zero-order chi connectivity index (χ0) is 21.8. The molecule has 0 saturated heterocycles. The third-order valence-corrected chi connectivity index (χ3v) is 5.91. The van der Waals surface area contributed by atoms with E-state index in [0.717, 1.165) is 11.1 Å². The first-order chi connectivity index (χ1) is 15.0. The van der Waals surface area contributed by atoms with Gasteiger partial charge in [0.2, 0.25) is 12.7 Å². The molecule has 0 radical (unpaired) electrons. The first-order valence-corrected chi connectivity index (χ1v) is 11.0. The molecule has 0 unspecified atom stereocenters. The van der Waals surface area contributed by atoms with E-state index >= 15 is 0 Å². The fourth-order valence-corrected chi connectivity index (χ4v) is 4.18. The van der Waals surface area contributed by atoms with Gasteiger partial charge in [-0.2, -0.15) is 0 Å². The maximum atomic E-state index is 12.5. The molecule has 2 aromatic carbocycles. The molecular formula is C22H20ClN3O4S. The molecule has 0 atom stereocenters. The highest BCUT2D eigenvalue weighted by Crippen LogP contribution is 2.32. The maximum absolute atomic E-state index is 12.5. The van der Waals surface area contributed by atoms with Crippen LogP contribution in [0.3, 0.4) is 0 Å². The number of aromatic amines is 1. The van der Waals surface area contributed by atoms with Gasteiger partial charge in [-0.1, -0.05) is 41.6 Å². The first kappa shape index (κ1) is 21.3. The number of nitrogens with zero attached hydrogens (tertiary/aromatic N) is 1. The monoisotopic (exact) mass is 457 g/mol. The predicted molar refractivity (Wildman–Crippen MR) is 119 cm³/mol. The van der Waals surface area contributed by atoms with Gasteiger partial charge in [-0.3, -0.25) is 9.59 Å². The zero-order valence-electron chi connectivity index (χ0n) is 16.7. The number of thioether (sulfide) groups is 1. The number of carbonyl (C=O) groups is 1. The standard InChI is InChI=1S/C22H20ClN3O4S/c1-13-17(9-20(27)24-10-14-5-6-18-19(8-14)30-12-29-18)21(28)26-22(25-13)31-11-15-3-2-4-16(23)7-15/h2-8H,9-12H2,1H3,(H,24,27)(H,25,26,28). The molecule has 1 aliphatic rings. The number of carbonyl (C=O) groups excluding carboxylic acids is 1. The van der Waals surface area contributed by atoms with Gasteiger partial charge in [0.25, 0.3) is 5.56 Å². The van der Waals surface area contributed by atoms with Crippen LogP contribution in [0.1, 0.15) is 22.4 Å². The van der Waals surface area contributed by atoms with Crippen LogP contribution >= 0.6 is 23.4 Å². The Bertz CT molecular complexity index is 1180. The molecule has 0 saturated carbocycles. The molecular weight excluding hydrogens is 438 g/mol. The molecule has 0 fully saturated rings. The lowest BCUT2D eigenvalue weighted by atomic mass is 10.1. The fourth-order valence-electron chi connectivity index (χ4n) is 3.11. The highest BCUT2D eigenvalue weighted by molar-refractivity contribution is 7.98. The van der Waals surface area contributed by atoms with Crippen LogP contribution < -0.4 is 20.3 Å². The molecule has 3 aromatic rings. The minimum atomic E-state index is -0.306. The number of halogens is 1. The van der Waals surface area contributed by atoms with E-state index in [1.165, 1.54) is 11.8 Å². The molecule has 160 valence electrons. The molecule has 9 heteroatoms. The van der Waals surface area contributed by atoms with Gasteiger partial charge in [0.15, 0.2) is 16.7 Å². The fraction of sp³-hybridized carbons (Fsp3) is 0.227. The number of hydrogen-bond acceptors (Lipinski definition) is 6. The number of hydrogen-bond donors (Lipinski definition) is 2. The van der Waals surface area contributed by atoms with E-state index in [1.54, 1.807) is 6.92 Å². The molecule has 0 bridgehead atoms. The summed E-state index contributed by atoms with van der Waals surface area (Å²) in [5, 5.41) is 4.00. The zero-order valence-corrected chi connectivity index (χ0v) is 18.3. The molecule has 0 aliphatic carbocycles. The second-order valence-corrected chi connectivity index (χ2v) is 8.40. The van der Waals surface area contributed by atoms with Crippen molar-refractivity contribution in [3.05, 3.63) is 80.2 Å². The van der Waals surface area contributed by atoms with Gasteiger partial charge in [0, 0.05) is 28.6 Å². The van der Waals surface area contributed by atoms with Crippen molar-refractivity contribution in [1.29, 1.82) is 0 Å². The van der Waals surface area contributed by atoms with Crippen molar-refractivity contribution < 1.29 is 14.3 Å². The van der Waals surface area contributed by atoms with E-state index in [1.807, 2.05) is 42.5 Å². The molecule has 2 N–H and O–H groups in total. The lowest BCUT2D eigenvalue weighted by Gasteiger charge is -2.09. The minimum absolute atomic E-state index is 0.0437. The number of nitrogens with one attached hydrogen (secondary N) is 2. The summed E-state index contributed by atoms with van der Waals surface area (Å²) >= 11 is 7.41. The van der Waals surface area contributed by atoms with Gasteiger partial charge in [-0.15, -0.1) is 0 Å². The number of H-pyrrole nitrogens is 1. The minimum Gasteiger partial charge on any atom is -0.454 e. The summed E-state index contributed by atoms with van der Waals surface area (Å²) in [6.45, 7) is 2.26. The summed E-state index contributed by atoms with van der Waals surface area (Å²) in [7, 11) is 0. The average Bonchev–Trinajstić information content (AvgIpc) is 3.21. The number of rotatable bonds is 7. The molecule has 4 rings (SSSR count). The van der Waals surface area contributed by atoms with Crippen LogP contribution in [0.15, 0.2) is 52.4 Å². The smallest absolute Gasteiger partial charge is 0.255 e. The van der Waals surface area contributed by atoms with E-state index in [9.17, 15) is 9.59 Å². The quantitative estimate of drug-likeness (QED) is 0.416. The van der Waals surface area contributed by atoms with Gasteiger partial charge in [-0.25, -0.2) is 4.98 Å². The van der Waals surface area contributed by atoms with Gasteiger partial charge >= 0.3 is 0 Å². The highest BCUT2D eigenvalue weighted by Gasteiger charge is 2.15. The second-order valence-electron chi connectivity index (χ2n) is 6.99. The molecule has 1 amide bonds. The van der Waals surface area contributed by atoms with Gasteiger partial charge in [-0.05, 0) is 42.3 Å². The van der Waals surface area contributed by atoms with Gasteiger partial charge in [0.05, 0.1) is 6.42 Å². The first-order valence-electron chi connectivity index (χ1n) is 9.60. The summed E-state index contributed by atoms with van der Waals surface area (Å²) in [5.74, 6) is 1.72. The second kappa shape index (κ2) is 9.45. The Balaban J connectivity index is 1.35. The molecule has 1 aliphatic heterocycles. The lowest BCUT2D eigenvalue weighted by Crippen LogP contribution is -2.28. The summed E-state index contributed by atoms with van der Waals surface area (Å²) in [5.41, 5.74) is 2.50. The Kier molecular flexibility index (Phi) is 6.48. The van der Waals surface area contributed by atoms with Crippen LogP contribution in [0.4, 0.5) is 0 Å². The lowest BCUT2D eigenvalue weighted by molar-refractivity contribution is -0.120. The molecule has 2 heterocycles. The Morgan fingerprint density at radius 2 is 2.03 bits per heavy atom. The largest absolute Gasteiger partial charge is 0.454 e. The van der Waals surface area contributed by atoms with Crippen LogP contribution in [-0.4, -0.2) is 22.7 Å². The van der Waals surface area contributed by atoms with E-state index in [-0.39, 0.29) is 24.7 Å². The van der Waals surface area contributed by atoms with Crippen LogP contribution in [-0.2, 0) is 23.5 Å². The Morgan fingerprint density at radius 1 is 1.19 bits per heavy atom. The van der Waals surface area contributed by atoms with E-state index in [4.69, 9.17) is 21.1 Å². The predicted octanol–water partition coefficient (Wildman–Crippen LogP) is 3.61. The molecule has 1 aromatic heterocycles. The average molecular weight is 458 g/mol. The molecule has 0 spiro atoms. The Hall–Kier alpha value is -2.97. The Morgan fingerprint density at radius 3 is 2.84 bits per heavy atom. The van der Waals surface area contributed by atoms with Crippen molar-refractivity contribution >= 4 is 29.3 Å². The third-order valence-electron chi connectivity index (χ3n) is 4.73. The number of aryl methyl sites for hydroxylation is 1. The van der Waals surface area contributed by atoms with Crippen molar-refractivity contribution in [2.45, 2.75) is 30.8 Å². The van der Waals surface area contributed by atoms with Crippen molar-refractivity contribution in [2.75, 3.05) is 6.79 Å². The van der Waals surface area contributed by atoms with Crippen LogP contribution in [0.2, 0.25) is 5.02 Å². The van der Waals surface area contributed by atoms with Gasteiger partial charge in [0.1, 0.15) is 0 Å². The number of ether oxygens (including phenoxy) is 2. The summed E-state index contributed by atoms with van der Waals surface area (Å²) in [6, 6.07) is 13.0. The number of benzene rings is 2. The van der Waals surface area contributed by atoms with Crippen LogP contribution in [0.25, 0.3) is 0 Å². The molecule has 31 heavy (non-hydrogen) atoms. The highest BCUT2D eigenvalue weighted by atomic mass is 35.5. The summed E-state index contributed by atoms with van der Waals surface area (Å²) in [4.78, 5) is 32.1. The van der Waals surface area contributed by atoms with E-state index < -0.39 is 0 Å². The van der Waals surface area contributed by atoms with Crippen molar-refractivity contribution in [3.63, 3.8) is 0 Å². The number of amides is 1. The summed E-state index contributed by atoms with van der Waals surface area (Å²) in [6.07, 6.45) is -0.0437. The molecule has 7 nitrogen and oxygen atoms in total. The van der Waals surface area contributed by atoms with Crippen molar-refractivity contribution in [3.8, 4) is 11.5 Å². The van der Waals surface area contributed by atoms with E-state index in [2.05, 4.69) is 15.3 Å². The van der Waals surface area contributed by atoms with E-state index in [0.29, 0.717) is 45.2 Å². The van der Waals surface area contributed by atoms with Crippen molar-refractivity contribution in [2.24, 2.45) is 0 Å². The van der Waals surface area contributed by atoms with Crippen molar-refractivity contribution in [1.82, 2.24) is 15.3 Å². The third kappa shape index (κ3) is 5.39. The van der Waals surface area contributed by atoms with Crippen LogP contribution in [0, 0.1) is 6.92 Å². The van der Waals surface area contributed by atoms with Gasteiger partial charge < -0.3 is 19.8 Å². The topological polar surface area (TPSA) is 93.3 Å². The maximum Gasteiger partial charge on any atom is 0.255 e.